The molecule has 1 amide bonds. The number of aromatic nitrogens is 1. The summed E-state index contributed by atoms with van der Waals surface area (Å²) in [5, 5.41) is 0.571. The van der Waals surface area contributed by atoms with Gasteiger partial charge in [-0.3, -0.25) is 9.10 Å². The zero-order chi connectivity index (χ0) is 22.4. The number of pyridine rings is 1. The number of sulfonamides is 1. The number of amides is 1. The average molecular weight is 458 g/mol. The fraction of sp³-hybridized carbons (Fsp3) is 0.217. The summed E-state index contributed by atoms with van der Waals surface area (Å²) in [4.78, 5) is 18.6. The predicted octanol–water partition coefficient (Wildman–Crippen LogP) is 4.61. The molecule has 0 spiro atoms. The third-order valence-electron chi connectivity index (χ3n) is 4.88. The first-order valence-corrected chi connectivity index (χ1v) is 11.8. The molecule has 3 aromatic rings. The summed E-state index contributed by atoms with van der Waals surface area (Å²) in [6, 6.07) is 18.4. The summed E-state index contributed by atoms with van der Waals surface area (Å²) in [7, 11) is -3.86. The summed E-state index contributed by atoms with van der Waals surface area (Å²) in [6.45, 7) is 5.04. The third kappa shape index (κ3) is 5.24. The molecule has 162 valence electrons. The van der Waals surface area contributed by atoms with E-state index >= 15 is 0 Å². The van der Waals surface area contributed by atoms with Crippen molar-refractivity contribution in [3.05, 3.63) is 89.2 Å². The number of rotatable bonds is 8. The van der Waals surface area contributed by atoms with Crippen molar-refractivity contribution in [2.24, 2.45) is 0 Å². The molecule has 0 saturated carbocycles. The van der Waals surface area contributed by atoms with Crippen LogP contribution < -0.4 is 4.31 Å². The lowest BCUT2D eigenvalue weighted by atomic mass is 10.2. The van der Waals surface area contributed by atoms with Gasteiger partial charge in [0.15, 0.2) is 0 Å². The molecule has 2 aromatic carbocycles. The van der Waals surface area contributed by atoms with Crippen LogP contribution in [0.1, 0.15) is 29.9 Å². The number of benzene rings is 2. The van der Waals surface area contributed by atoms with E-state index in [2.05, 4.69) is 4.98 Å². The zero-order valence-corrected chi connectivity index (χ0v) is 19.0. The van der Waals surface area contributed by atoms with Gasteiger partial charge in [0, 0.05) is 18.1 Å². The van der Waals surface area contributed by atoms with E-state index in [4.69, 9.17) is 11.6 Å². The number of halogens is 1. The number of hydrogen-bond donors (Lipinski definition) is 0. The second-order valence-corrected chi connectivity index (χ2v) is 9.13. The van der Waals surface area contributed by atoms with Crippen LogP contribution in [0.25, 0.3) is 0 Å². The van der Waals surface area contributed by atoms with E-state index in [9.17, 15) is 13.2 Å². The van der Waals surface area contributed by atoms with Crippen LogP contribution in [0.3, 0.4) is 0 Å². The molecule has 0 unspecified atom stereocenters. The largest absolute Gasteiger partial charge is 0.338 e. The first kappa shape index (κ1) is 22.8. The van der Waals surface area contributed by atoms with E-state index in [-0.39, 0.29) is 23.0 Å². The van der Waals surface area contributed by atoms with Gasteiger partial charge >= 0.3 is 0 Å². The molecule has 0 aliphatic carbocycles. The number of anilines is 1. The van der Waals surface area contributed by atoms with Crippen LogP contribution in [0.4, 0.5) is 5.69 Å². The van der Waals surface area contributed by atoms with Gasteiger partial charge in [-0.1, -0.05) is 41.9 Å². The molecule has 3 rings (SSSR count). The van der Waals surface area contributed by atoms with E-state index < -0.39 is 10.0 Å². The summed E-state index contributed by atoms with van der Waals surface area (Å²) < 4.78 is 28.1. The highest BCUT2D eigenvalue weighted by molar-refractivity contribution is 7.92. The van der Waals surface area contributed by atoms with Crippen molar-refractivity contribution in [1.29, 1.82) is 0 Å². The van der Waals surface area contributed by atoms with Crippen molar-refractivity contribution in [3.63, 3.8) is 0 Å². The molecule has 1 heterocycles. The van der Waals surface area contributed by atoms with Gasteiger partial charge < -0.3 is 4.90 Å². The molecule has 6 nitrogen and oxygen atoms in total. The molecule has 0 saturated heterocycles. The molecule has 31 heavy (non-hydrogen) atoms. The van der Waals surface area contributed by atoms with E-state index in [0.717, 1.165) is 5.56 Å². The van der Waals surface area contributed by atoms with Crippen molar-refractivity contribution >= 4 is 33.2 Å². The Kier molecular flexibility index (Phi) is 7.30. The Morgan fingerprint density at radius 3 is 2.13 bits per heavy atom. The first-order valence-electron chi connectivity index (χ1n) is 9.94. The molecule has 1 aromatic heterocycles. The van der Waals surface area contributed by atoms with E-state index in [1.165, 1.54) is 10.5 Å². The zero-order valence-electron chi connectivity index (χ0n) is 17.4. The number of carbonyl (C=O) groups is 1. The van der Waals surface area contributed by atoms with E-state index in [1.54, 1.807) is 71.6 Å². The minimum absolute atomic E-state index is 0.0966. The Morgan fingerprint density at radius 2 is 1.58 bits per heavy atom. The van der Waals surface area contributed by atoms with E-state index in [1.807, 2.05) is 13.8 Å². The fourth-order valence-corrected chi connectivity index (χ4v) is 4.71. The normalized spacial score (nSPS) is 11.2. The van der Waals surface area contributed by atoms with Crippen LogP contribution in [0.5, 0.6) is 0 Å². The minimum Gasteiger partial charge on any atom is -0.338 e. The van der Waals surface area contributed by atoms with Crippen LogP contribution in [-0.4, -0.2) is 37.3 Å². The Bertz CT molecular complexity index is 1110. The fourth-order valence-electron chi connectivity index (χ4n) is 3.12. The molecular formula is C23H24ClN3O3S. The molecular weight excluding hydrogens is 434 g/mol. The molecule has 0 atom stereocenters. The summed E-state index contributed by atoms with van der Waals surface area (Å²) in [6.07, 6.45) is 1.42. The molecule has 0 aliphatic rings. The van der Waals surface area contributed by atoms with E-state index in [0.29, 0.717) is 23.8 Å². The predicted molar refractivity (Wildman–Crippen MR) is 123 cm³/mol. The van der Waals surface area contributed by atoms with Crippen molar-refractivity contribution in [1.82, 2.24) is 9.88 Å². The summed E-state index contributed by atoms with van der Waals surface area (Å²) >= 11 is 5.97. The maximum absolute atomic E-state index is 13.4. The summed E-state index contributed by atoms with van der Waals surface area (Å²) in [5.74, 6) is -0.188. The maximum atomic E-state index is 13.4. The summed E-state index contributed by atoms with van der Waals surface area (Å²) in [5.41, 5.74) is 1.41. The Morgan fingerprint density at radius 1 is 0.935 bits per heavy atom. The lowest BCUT2D eigenvalue weighted by molar-refractivity contribution is 0.0767. The van der Waals surface area contributed by atoms with Gasteiger partial charge in [-0.25, -0.2) is 13.4 Å². The molecule has 0 radical (unpaired) electrons. The van der Waals surface area contributed by atoms with Gasteiger partial charge in [-0.2, -0.15) is 0 Å². The van der Waals surface area contributed by atoms with Crippen LogP contribution in [0.15, 0.2) is 77.8 Å². The molecule has 0 fully saturated rings. The smallest absolute Gasteiger partial charge is 0.272 e. The standard InChI is InChI=1S/C23H24ClN3O3S/c1-3-26(4-2)23(28)22-15-14-20(16-25-22)27(17-18-10-12-19(24)13-11-18)31(29,30)21-8-6-5-7-9-21/h5-16H,3-4,17H2,1-2H3. The van der Waals surface area contributed by atoms with Crippen LogP contribution in [-0.2, 0) is 16.6 Å². The second kappa shape index (κ2) is 9.94. The van der Waals surface area contributed by atoms with Crippen LogP contribution >= 0.6 is 11.6 Å². The van der Waals surface area contributed by atoms with Gasteiger partial charge in [0.1, 0.15) is 5.69 Å². The molecule has 0 bridgehead atoms. The SMILES string of the molecule is CCN(CC)C(=O)c1ccc(N(Cc2ccc(Cl)cc2)S(=O)(=O)c2ccccc2)cn1. The van der Waals surface area contributed by atoms with Crippen LogP contribution in [0, 0.1) is 0 Å². The Hall–Kier alpha value is -2.90. The maximum Gasteiger partial charge on any atom is 0.272 e. The van der Waals surface area contributed by atoms with Gasteiger partial charge in [-0.05, 0) is 55.8 Å². The lowest BCUT2D eigenvalue weighted by Crippen LogP contribution is -2.32. The van der Waals surface area contributed by atoms with Gasteiger partial charge in [0.25, 0.3) is 15.9 Å². The minimum atomic E-state index is -3.86. The molecule has 0 aliphatic heterocycles. The molecule has 8 heteroatoms. The second-order valence-electron chi connectivity index (χ2n) is 6.83. The highest BCUT2D eigenvalue weighted by Crippen LogP contribution is 2.26. The first-order chi connectivity index (χ1) is 14.9. The third-order valence-corrected chi connectivity index (χ3v) is 6.92. The Labute approximate surface area is 188 Å². The monoisotopic (exact) mass is 457 g/mol. The van der Waals surface area contributed by atoms with Gasteiger partial charge in [0.2, 0.25) is 0 Å². The topological polar surface area (TPSA) is 70.6 Å². The Balaban J connectivity index is 2.00. The van der Waals surface area contributed by atoms with Crippen molar-refractivity contribution < 1.29 is 13.2 Å². The number of nitrogens with zero attached hydrogens (tertiary/aromatic N) is 3. The number of hydrogen-bond acceptors (Lipinski definition) is 4. The highest BCUT2D eigenvalue weighted by Gasteiger charge is 2.26. The van der Waals surface area contributed by atoms with Gasteiger partial charge in [0.05, 0.1) is 23.3 Å². The van der Waals surface area contributed by atoms with Gasteiger partial charge in [-0.15, -0.1) is 0 Å². The van der Waals surface area contributed by atoms with Crippen LogP contribution in [0.2, 0.25) is 5.02 Å². The van der Waals surface area contributed by atoms with Crippen molar-refractivity contribution in [3.8, 4) is 0 Å². The van der Waals surface area contributed by atoms with Crippen molar-refractivity contribution in [2.45, 2.75) is 25.3 Å². The molecule has 0 N–H and O–H groups in total. The quantitative estimate of drug-likeness (QED) is 0.495. The van der Waals surface area contributed by atoms with Crippen molar-refractivity contribution in [2.75, 3.05) is 17.4 Å². The average Bonchev–Trinajstić information content (AvgIpc) is 2.80. The lowest BCUT2D eigenvalue weighted by Gasteiger charge is -2.25. The number of carbonyl (C=O) groups excluding carboxylic acids is 1. The highest BCUT2D eigenvalue weighted by atomic mass is 35.5.